The molecule has 0 atom stereocenters. The Balaban J connectivity index is 1.61. The Bertz CT molecular complexity index is 1030. The van der Waals surface area contributed by atoms with Crippen molar-refractivity contribution in [2.45, 2.75) is 6.42 Å². The Labute approximate surface area is 182 Å². The maximum Gasteiger partial charge on any atom is 0.335 e. The van der Waals surface area contributed by atoms with Gasteiger partial charge in [-0.25, -0.2) is 4.79 Å². The number of anilines is 1. The second kappa shape index (κ2) is 9.55. The van der Waals surface area contributed by atoms with Gasteiger partial charge in [0, 0.05) is 24.2 Å². The third-order valence-electron chi connectivity index (χ3n) is 4.28. The number of benzene rings is 2. The van der Waals surface area contributed by atoms with E-state index in [0.29, 0.717) is 20.7 Å². The molecule has 0 spiro atoms. The summed E-state index contributed by atoms with van der Waals surface area (Å²) in [5.74, 6) is -0.949. The Morgan fingerprint density at radius 2 is 1.90 bits per heavy atom. The summed E-state index contributed by atoms with van der Waals surface area (Å²) < 4.78 is 5.69. The van der Waals surface area contributed by atoms with Crippen molar-refractivity contribution in [3.05, 3.63) is 64.6 Å². The Kier molecular flexibility index (Phi) is 6.86. The number of hydrogen-bond acceptors (Lipinski definition) is 6. The van der Waals surface area contributed by atoms with Crippen LogP contribution >= 0.6 is 24.0 Å². The van der Waals surface area contributed by atoms with Crippen LogP contribution in [-0.2, 0) is 9.59 Å². The van der Waals surface area contributed by atoms with E-state index in [2.05, 4.69) is 5.32 Å². The van der Waals surface area contributed by atoms with Crippen LogP contribution in [-0.4, -0.2) is 45.8 Å². The van der Waals surface area contributed by atoms with Gasteiger partial charge in [-0.1, -0.05) is 42.2 Å². The second-order valence-corrected chi connectivity index (χ2v) is 7.93. The van der Waals surface area contributed by atoms with Gasteiger partial charge in [0.25, 0.3) is 5.91 Å². The molecule has 2 aromatic rings. The van der Waals surface area contributed by atoms with Crippen LogP contribution in [0.5, 0.6) is 5.75 Å². The average Bonchev–Trinajstić information content (AvgIpc) is 3.00. The number of methoxy groups -OCH3 is 1. The van der Waals surface area contributed by atoms with E-state index in [4.69, 9.17) is 22.1 Å². The van der Waals surface area contributed by atoms with Crippen LogP contribution in [0.3, 0.4) is 0 Å². The highest BCUT2D eigenvalue weighted by molar-refractivity contribution is 8.26. The maximum absolute atomic E-state index is 12.7. The largest absolute Gasteiger partial charge is 0.496 e. The lowest BCUT2D eigenvalue weighted by molar-refractivity contribution is -0.122. The SMILES string of the molecule is COc1ccccc1/C=C1\SC(=S)N(CCC(=O)Nc2ccc(C(=O)O)cc2)C1=O. The highest BCUT2D eigenvalue weighted by Gasteiger charge is 2.32. The van der Waals surface area contributed by atoms with Gasteiger partial charge in [0.2, 0.25) is 5.91 Å². The van der Waals surface area contributed by atoms with E-state index in [1.54, 1.807) is 19.3 Å². The number of nitrogens with zero attached hydrogens (tertiary/aromatic N) is 1. The molecule has 7 nitrogen and oxygen atoms in total. The van der Waals surface area contributed by atoms with Crippen LogP contribution in [0.2, 0.25) is 0 Å². The number of rotatable bonds is 7. The number of amides is 2. The summed E-state index contributed by atoms with van der Waals surface area (Å²) in [5, 5.41) is 11.6. The molecule has 2 amide bonds. The van der Waals surface area contributed by atoms with E-state index in [0.717, 1.165) is 5.56 Å². The topological polar surface area (TPSA) is 95.9 Å². The molecule has 1 aliphatic rings. The summed E-state index contributed by atoms with van der Waals surface area (Å²) in [5.41, 5.74) is 1.38. The van der Waals surface area contributed by atoms with E-state index < -0.39 is 5.97 Å². The van der Waals surface area contributed by atoms with Gasteiger partial charge in [-0.15, -0.1) is 0 Å². The van der Waals surface area contributed by atoms with E-state index in [1.165, 1.54) is 40.9 Å². The zero-order valence-corrected chi connectivity index (χ0v) is 17.6. The van der Waals surface area contributed by atoms with Crippen molar-refractivity contribution in [1.29, 1.82) is 0 Å². The van der Waals surface area contributed by atoms with Gasteiger partial charge in [0.1, 0.15) is 10.1 Å². The number of para-hydroxylation sites is 1. The van der Waals surface area contributed by atoms with Crippen LogP contribution in [0.15, 0.2) is 53.4 Å². The lowest BCUT2D eigenvalue weighted by Gasteiger charge is -2.14. The van der Waals surface area contributed by atoms with Crippen molar-refractivity contribution in [3.63, 3.8) is 0 Å². The molecule has 0 aromatic heterocycles. The normalized spacial score (nSPS) is 14.8. The van der Waals surface area contributed by atoms with Gasteiger partial charge < -0.3 is 15.2 Å². The van der Waals surface area contributed by atoms with Crippen LogP contribution < -0.4 is 10.1 Å². The first kappa shape index (κ1) is 21.5. The Hall–Kier alpha value is -3.17. The van der Waals surface area contributed by atoms with Gasteiger partial charge in [-0.3, -0.25) is 14.5 Å². The van der Waals surface area contributed by atoms with Crippen molar-refractivity contribution in [1.82, 2.24) is 4.90 Å². The Morgan fingerprint density at radius 3 is 2.57 bits per heavy atom. The second-order valence-electron chi connectivity index (χ2n) is 6.26. The standard InChI is InChI=1S/C21H18N2O5S2/c1-28-16-5-3-2-4-14(16)12-17-19(25)23(21(29)30-17)11-10-18(24)22-15-8-6-13(7-9-15)20(26)27/h2-9,12H,10-11H2,1H3,(H,22,24)(H,26,27)/b17-12-. The lowest BCUT2D eigenvalue weighted by Crippen LogP contribution is -2.31. The summed E-state index contributed by atoms with van der Waals surface area (Å²) >= 11 is 6.48. The van der Waals surface area contributed by atoms with Gasteiger partial charge in [0.15, 0.2) is 0 Å². The van der Waals surface area contributed by atoms with Crippen LogP contribution in [0.1, 0.15) is 22.3 Å². The number of thiocarbonyl (C=S) groups is 1. The number of nitrogens with one attached hydrogen (secondary N) is 1. The van der Waals surface area contributed by atoms with Crippen molar-refractivity contribution in [3.8, 4) is 5.75 Å². The van der Waals surface area contributed by atoms with Crippen LogP contribution in [0, 0.1) is 0 Å². The number of thioether (sulfide) groups is 1. The van der Waals surface area contributed by atoms with Gasteiger partial charge in [-0.2, -0.15) is 0 Å². The monoisotopic (exact) mass is 442 g/mol. The fourth-order valence-corrected chi connectivity index (χ4v) is 4.05. The number of carbonyl (C=O) groups excluding carboxylic acids is 2. The van der Waals surface area contributed by atoms with Crippen molar-refractivity contribution < 1.29 is 24.2 Å². The first-order chi connectivity index (χ1) is 14.4. The fraction of sp³-hybridized carbons (Fsp3) is 0.143. The molecule has 3 rings (SSSR count). The van der Waals surface area contributed by atoms with Gasteiger partial charge in [0.05, 0.1) is 17.6 Å². The zero-order valence-electron chi connectivity index (χ0n) is 16.0. The van der Waals surface area contributed by atoms with Gasteiger partial charge >= 0.3 is 5.97 Å². The van der Waals surface area contributed by atoms with Gasteiger partial charge in [-0.05, 0) is 36.4 Å². The van der Waals surface area contributed by atoms with Crippen LogP contribution in [0.25, 0.3) is 6.08 Å². The number of hydrogen-bond donors (Lipinski definition) is 2. The van der Waals surface area contributed by atoms with E-state index >= 15 is 0 Å². The molecular weight excluding hydrogens is 424 g/mol. The van der Waals surface area contributed by atoms with E-state index in [-0.39, 0.29) is 30.3 Å². The number of ether oxygens (including phenoxy) is 1. The third-order valence-corrected chi connectivity index (χ3v) is 5.65. The number of carboxylic acid groups (broad SMARTS) is 1. The molecule has 0 bridgehead atoms. The smallest absolute Gasteiger partial charge is 0.335 e. The summed E-state index contributed by atoms with van der Waals surface area (Å²) in [4.78, 5) is 37.7. The molecular formula is C21H18N2O5S2. The number of aromatic carboxylic acids is 1. The van der Waals surface area contributed by atoms with Crippen molar-refractivity contribution in [2.75, 3.05) is 19.0 Å². The summed E-state index contributed by atoms with van der Waals surface area (Å²) in [7, 11) is 1.56. The molecule has 0 aliphatic carbocycles. The molecule has 30 heavy (non-hydrogen) atoms. The quantitative estimate of drug-likeness (QED) is 0.499. The first-order valence-corrected chi connectivity index (χ1v) is 10.1. The predicted molar refractivity (Wildman–Crippen MR) is 120 cm³/mol. The summed E-state index contributed by atoms with van der Waals surface area (Å²) in [6, 6.07) is 13.2. The fourth-order valence-electron chi connectivity index (χ4n) is 2.75. The predicted octanol–water partition coefficient (Wildman–Crippen LogP) is 3.62. The molecule has 0 radical (unpaired) electrons. The molecule has 0 unspecified atom stereocenters. The lowest BCUT2D eigenvalue weighted by atomic mass is 10.2. The summed E-state index contributed by atoms with van der Waals surface area (Å²) in [6.45, 7) is 0.146. The molecule has 2 N–H and O–H groups in total. The minimum atomic E-state index is -1.04. The molecule has 1 saturated heterocycles. The van der Waals surface area contributed by atoms with E-state index in [9.17, 15) is 14.4 Å². The molecule has 0 saturated carbocycles. The molecule has 9 heteroatoms. The molecule has 1 aliphatic heterocycles. The Morgan fingerprint density at radius 1 is 1.20 bits per heavy atom. The molecule has 1 fully saturated rings. The summed E-state index contributed by atoms with van der Waals surface area (Å²) in [6.07, 6.45) is 1.78. The van der Waals surface area contributed by atoms with Crippen molar-refractivity contribution >= 4 is 57.8 Å². The molecule has 1 heterocycles. The minimum Gasteiger partial charge on any atom is -0.496 e. The third kappa shape index (κ3) is 5.05. The highest BCUT2D eigenvalue weighted by Crippen LogP contribution is 2.34. The van der Waals surface area contributed by atoms with Crippen molar-refractivity contribution in [2.24, 2.45) is 0 Å². The number of carbonyl (C=O) groups is 3. The highest BCUT2D eigenvalue weighted by atomic mass is 32.2. The molecule has 2 aromatic carbocycles. The zero-order chi connectivity index (χ0) is 21.7. The maximum atomic E-state index is 12.7. The number of carboxylic acids is 1. The average molecular weight is 443 g/mol. The minimum absolute atomic E-state index is 0.0507. The first-order valence-electron chi connectivity index (χ1n) is 8.90. The molecule has 154 valence electrons. The van der Waals surface area contributed by atoms with E-state index in [1.807, 2.05) is 18.2 Å². The van der Waals surface area contributed by atoms with Crippen LogP contribution in [0.4, 0.5) is 5.69 Å².